The highest BCUT2D eigenvalue weighted by atomic mass is 16.3. The van der Waals surface area contributed by atoms with Crippen LogP contribution in [-0.2, 0) is 18.4 Å². The van der Waals surface area contributed by atoms with Crippen molar-refractivity contribution in [1.82, 2.24) is 9.78 Å². The molecule has 0 saturated heterocycles. The molecule has 0 spiro atoms. The lowest BCUT2D eigenvalue weighted by Crippen LogP contribution is -2.18. The highest BCUT2D eigenvalue weighted by Crippen LogP contribution is 2.34. The van der Waals surface area contributed by atoms with E-state index >= 15 is 0 Å². The minimum atomic E-state index is -0.0694. The molecule has 0 aliphatic carbocycles. The van der Waals surface area contributed by atoms with Crippen LogP contribution in [0.1, 0.15) is 65.8 Å². The first kappa shape index (κ1) is 15.1. The van der Waals surface area contributed by atoms with Gasteiger partial charge in [0.2, 0.25) is 0 Å². The van der Waals surface area contributed by atoms with Crippen LogP contribution in [-0.4, -0.2) is 14.9 Å². The maximum absolute atomic E-state index is 10.4. The third-order valence-electron chi connectivity index (χ3n) is 3.03. The largest absolute Gasteiger partial charge is 0.504 e. The van der Waals surface area contributed by atoms with Crippen molar-refractivity contribution in [3.05, 3.63) is 11.4 Å². The quantitative estimate of drug-likeness (QED) is 0.863. The summed E-state index contributed by atoms with van der Waals surface area (Å²) in [5, 5.41) is 15.0. The fourth-order valence-electron chi connectivity index (χ4n) is 2.24. The molecular formula is C15H28N2O. The molecule has 3 nitrogen and oxygen atoms in total. The van der Waals surface area contributed by atoms with E-state index in [4.69, 9.17) is 0 Å². The summed E-state index contributed by atoms with van der Waals surface area (Å²) in [4.78, 5) is 0. The van der Waals surface area contributed by atoms with Crippen LogP contribution in [0.3, 0.4) is 0 Å². The van der Waals surface area contributed by atoms with E-state index in [1.54, 1.807) is 0 Å². The zero-order valence-electron chi connectivity index (χ0n) is 12.7. The molecular weight excluding hydrogens is 224 g/mol. The average molecular weight is 252 g/mol. The fourth-order valence-corrected chi connectivity index (χ4v) is 2.24. The van der Waals surface area contributed by atoms with Crippen molar-refractivity contribution in [2.24, 2.45) is 5.92 Å². The second-order valence-corrected chi connectivity index (χ2v) is 6.57. The van der Waals surface area contributed by atoms with Crippen LogP contribution in [0.5, 0.6) is 5.75 Å². The Hall–Kier alpha value is -0.990. The smallest absolute Gasteiger partial charge is 0.160 e. The summed E-state index contributed by atoms with van der Waals surface area (Å²) in [5.41, 5.74) is 1.76. The molecule has 0 saturated carbocycles. The molecule has 0 amide bonds. The van der Waals surface area contributed by atoms with Gasteiger partial charge in [-0.15, -0.1) is 0 Å². The zero-order chi connectivity index (χ0) is 13.9. The van der Waals surface area contributed by atoms with Crippen molar-refractivity contribution in [2.45, 2.75) is 72.8 Å². The van der Waals surface area contributed by atoms with Crippen LogP contribution in [0.4, 0.5) is 0 Å². The van der Waals surface area contributed by atoms with Gasteiger partial charge in [0.1, 0.15) is 5.69 Å². The molecule has 1 N–H and O–H groups in total. The van der Waals surface area contributed by atoms with Crippen molar-refractivity contribution >= 4 is 0 Å². The van der Waals surface area contributed by atoms with E-state index in [9.17, 15) is 5.11 Å². The number of aromatic hydroxyl groups is 1. The molecule has 0 aromatic carbocycles. The molecule has 1 rings (SSSR count). The van der Waals surface area contributed by atoms with E-state index < -0.39 is 0 Å². The van der Waals surface area contributed by atoms with Crippen molar-refractivity contribution < 1.29 is 5.11 Å². The third kappa shape index (κ3) is 3.50. The molecule has 0 radical (unpaired) electrons. The Morgan fingerprint density at radius 1 is 1.28 bits per heavy atom. The lowest BCUT2D eigenvalue weighted by molar-refractivity contribution is 0.418. The molecule has 0 unspecified atom stereocenters. The molecule has 0 aliphatic rings. The summed E-state index contributed by atoms with van der Waals surface area (Å²) in [6.07, 6.45) is 3.09. The maximum atomic E-state index is 10.4. The van der Waals surface area contributed by atoms with Gasteiger partial charge in [-0.1, -0.05) is 48.0 Å². The second kappa shape index (κ2) is 5.77. The Balaban J connectivity index is 3.14. The van der Waals surface area contributed by atoms with E-state index in [1.165, 1.54) is 0 Å². The van der Waals surface area contributed by atoms with Gasteiger partial charge >= 0.3 is 0 Å². The summed E-state index contributed by atoms with van der Waals surface area (Å²) in [6, 6.07) is 0. The van der Waals surface area contributed by atoms with Crippen LogP contribution in [0, 0.1) is 5.92 Å². The second-order valence-electron chi connectivity index (χ2n) is 6.57. The fraction of sp³-hybridized carbons (Fsp3) is 0.800. The molecule has 3 heteroatoms. The van der Waals surface area contributed by atoms with Crippen LogP contribution >= 0.6 is 0 Å². The first-order chi connectivity index (χ1) is 8.27. The van der Waals surface area contributed by atoms with Gasteiger partial charge in [-0.2, -0.15) is 5.10 Å². The number of hydrogen-bond donors (Lipinski definition) is 1. The SMILES string of the molecule is CCCCn1nc(CC(C)C)c(O)c1C(C)(C)C. The predicted molar refractivity (Wildman–Crippen MR) is 76.0 cm³/mol. The highest BCUT2D eigenvalue weighted by Gasteiger charge is 2.27. The van der Waals surface area contributed by atoms with Gasteiger partial charge in [-0.25, -0.2) is 0 Å². The van der Waals surface area contributed by atoms with Crippen molar-refractivity contribution in [1.29, 1.82) is 0 Å². The van der Waals surface area contributed by atoms with E-state index in [0.29, 0.717) is 11.7 Å². The molecule has 0 fully saturated rings. The normalized spacial score (nSPS) is 12.4. The Kier molecular flexibility index (Phi) is 4.83. The number of hydrogen-bond acceptors (Lipinski definition) is 2. The first-order valence-electron chi connectivity index (χ1n) is 7.06. The van der Waals surface area contributed by atoms with Crippen LogP contribution in [0.2, 0.25) is 0 Å². The third-order valence-corrected chi connectivity index (χ3v) is 3.03. The molecule has 0 aliphatic heterocycles. The number of rotatable bonds is 5. The first-order valence-corrected chi connectivity index (χ1v) is 7.06. The number of unbranched alkanes of at least 4 members (excludes halogenated alkanes) is 1. The molecule has 1 heterocycles. The van der Waals surface area contributed by atoms with Gasteiger partial charge in [0.25, 0.3) is 0 Å². The molecule has 1 aromatic heterocycles. The predicted octanol–water partition coefficient (Wildman–Crippen LogP) is 3.88. The molecule has 1 aromatic rings. The van der Waals surface area contributed by atoms with Gasteiger partial charge < -0.3 is 5.11 Å². The number of aryl methyl sites for hydroxylation is 1. The zero-order valence-corrected chi connectivity index (χ0v) is 12.7. The summed E-state index contributed by atoms with van der Waals surface area (Å²) >= 11 is 0. The number of aromatic nitrogens is 2. The Labute approximate surface area is 111 Å². The monoisotopic (exact) mass is 252 g/mol. The lowest BCUT2D eigenvalue weighted by Gasteiger charge is -2.20. The van der Waals surface area contributed by atoms with Gasteiger partial charge in [0, 0.05) is 12.0 Å². The molecule has 104 valence electrons. The van der Waals surface area contributed by atoms with E-state index in [0.717, 1.165) is 37.2 Å². The Morgan fingerprint density at radius 2 is 1.89 bits per heavy atom. The van der Waals surface area contributed by atoms with Gasteiger partial charge in [-0.05, 0) is 18.8 Å². The van der Waals surface area contributed by atoms with Crippen LogP contribution in [0.15, 0.2) is 0 Å². The molecule has 0 atom stereocenters. The Bertz CT molecular complexity index is 386. The summed E-state index contributed by atoms with van der Waals surface area (Å²) in [6.45, 7) is 13.8. The average Bonchev–Trinajstić information content (AvgIpc) is 2.51. The maximum Gasteiger partial charge on any atom is 0.160 e. The minimum absolute atomic E-state index is 0.0694. The summed E-state index contributed by atoms with van der Waals surface area (Å²) < 4.78 is 2.01. The van der Waals surface area contributed by atoms with Gasteiger partial charge in [-0.3, -0.25) is 4.68 Å². The molecule has 18 heavy (non-hydrogen) atoms. The topological polar surface area (TPSA) is 38.0 Å². The van der Waals surface area contributed by atoms with Crippen molar-refractivity contribution in [3.63, 3.8) is 0 Å². The van der Waals surface area contributed by atoms with Crippen molar-refractivity contribution in [2.75, 3.05) is 0 Å². The van der Waals surface area contributed by atoms with E-state index in [2.05, 4.69) is 46.6 Å². The standard InChI is InChI=1S/C15H28N2O/c1-7-8-9-17-14(15(4,5)6)13(18)12(16-17)10-11(2)3/h11,18H,7-10H2,1-6H3. The van der Waals surface area contributed by atoms with E-state index in [1.807, 2.05) is 4.68 Å². The highest BCUT2D eigenvalue weighted by molar-refractivity contribution is 5.37. The molecule has 0 bridgehead atoms. The Morgan fingerprint density at radius 3 is 2.33 bits per heavy atom. The van der Waals surface area contributed by atoms with Gasteiger partial charge in [0.15, 0.2) is 5.75 Å². The number of nitrogens with zero attached hydrogens (tertiary/aromatic N) is 2. The summed E-state index contributed by atoms with van der Waals surface area (Å²) in [5.74, 6) is 0.922. The van der Waals surface area contributed by atoms with Crippen LogP contribution < -0.4 is 0 Å². The minimum Gasteiger partial charge on any atom is -0.504 e. The van der Waals surface area contributed by atoms with E-state index in [-0.39, 0.29) is 5.41 Å². The van der Waals surface area contributed by atoms with Gasteiger partial charge in [0.05, 0.1) is 5.69 Å². The summed E-state index contributed by atoms with van der Waals surface area (Å²) in [7, 11) is 0. The lowest BCUT2D eigenvalue weighted by atomic mass is 9.90. The van der Waals surface area contributed by atoms with Crippen LogP contribution in [0.25, 0.3) is 0 Å². The van der Waals surface area contributed by atoms with Crippen molar-refractivity contribution in [3.8, 4) is 5.75 Å².